The summed E-state index contributed by atoms with van der Waals surface area (Å²) in [5.74, 6) is -0.624. The Labute approximate surface area is 146 Å². The summed E-state index contributed by atoms with van der Waals surface area (Å²) in [7, 11) is 0. The van der Waals surface area contributed by atoms with Crippen molar-refractivity contribution in [2.45, 2.75) is 19.7 Å². The minimum atomic E-state index is -4.63. The van der Waals surface area contributed by atoms with Crippen LogP contribution in [0.5, 0.6) is 0 Å². The Balaban J connectivity index is 2.28. The van der Waals surface area contributed by atoms with Crippen LogP contribution in [0.4, 0.5) is 13.2 Å². The van der Waals surface area contributed by atoms with E-state index in [1.807, 2.05) is 0 Å². The average Bonchev–Trinajstić information content (AvgIpc) is 2.94. The quantitative estimate of drug-likeness (QED) is 0.706. The molecule has 3 nitrogen and oxygen atoms in total. The van der Waals surface area contributed by atoms with Gasteiger partial charge in [-0.15, -0.1) is 0 Å². The van der Waals surface area contributed by atoms with Crippen LogP contribution in [0.2, 0.25) is 5.02 Å². The number of fused-ring (bicyclic) bond motifs is 1. The van der Waals surface area contributed by atoms with Gasteiger partial charge in [0.2, 0.25) is 0 Å². The van der Waals surface area contributed by atoms with Gasteiger partial charge in [-0.1, -0.05) is 23.7 Å². The number of rotatable bonds is 2. The predicted molar refractivity (Wildman–Crippen MR) is 88.8 cm³/mol. The van der Waals surface area contributed by atoms with E-state index in [4.69, 9.17) is 11.6 Å². The van der Waals surface area contributed by atoms with Gasteiger partial charge < -0.3 is 5.11 Å². The Morgan fingerprint density at radius 2 is 1.96 bits per heavy atom. The highest BCUT2D eigenvalue weighted by molar-refractivity contribution is 6.31. The molecule has 25 heavy (non-hydrogen) atoms. The second kappa shape index (κ2) is 6.20. The molecule has 0 spiro atoms. The van der Waals surface area contributed by atoms with Crippen LogP contribution >= 0.6 is 11.6 Å². The number of hydrogen-bond donors (Lipinski definition) is 1. The third-order valence-corrected chi connectivity index (χ3v) is 4.43. The number of aliphatic hydroxyl groups excluding tert-OH is 1. The topological polar surface area (TPSA) is 42.2 Å². The SMILES string of the molecule is Cc1cc(C(=O)n2cc(CO)c3cccc(C(F)(F)F)c32)ccc1Cl. The molecule has 0 atom stereocenters. The number of benzene rings is 2. The number of para-hydroxylation sites is 1. The molecule has 3 aromatic rings. The highest BCUT2D eigenvalue weighted by Crippen LogP contribution is 2.37. The van der Waals surface area contributed by atoms with Crippen molar-refractivity contribution in [1.82, 2.24) is 4.57 Å². The van der Waals surface area contributed by atoms with E-state index in [2.05, 4.69) is 0 Å². The van der Waals surface area contributed by atoms with Crippen molar-refractivity contribution in [1.29, 1.82) is 0 Å². The van der Waals surface area contributed by atoms with Crippen LogP contribution < -0.4 is 0 Å². The lowest BCUT2D eigenvalue weighted by atomic mass is 10.1. The third-order valence-electron chi connectivity index (χ3n) is 4.01. The normalized spacial score (nSPS) is 11.9. The first kappa shape index (κ1) is 17.5. The summed E-state index contributed by atoms with van der Waals surface area (Å²) in [5.41, 5.74) is -0.0943. The van der Waals surface area contributed by atoms with Gasteiger partial charge in [-0.05, 0) is 36.8 Å². The van der Waals surface area contributed by atoms with E-state index in [-0.39, 0.29) is 22.0 Å². The maximum atomic E-state index is 13.4. The van der Waals surface area contributed by atoms with Crippen molar-refractivity contribution < 1.29 is 23.1 Å². The van der Waals surface area contributed by atoms with Crippen molar-refractivity contribution >= 4 is 28.4 Å². The zero-order valence-electron chi connectivity index (χ0n) is 13.1. The van der Waals surface area contributed by atoms with Gasteiger partial charge in [0.05, 0.1) is 17.7 Å². The monoisotopic (exact) mass is 367 g/mol. The molecule has 0 fully saturated rings. The molecular formula is C18H13ClF3NO2. The molecule has 0 amide bonds. The second-order valence-corrected chi connectivity index (χ2v) is 6.06. The number of alkyl halides is 3. The van der Waals surface area contributed by atoms with Crippen molar-refractivity contribution in [2.24, 2.45) is 0 Å². The van der Waals surface area contributed by atoms with Crippen LogP contribution in [0.3, 0.4) is 0 Å². The van der Waals surface area contributed by atoms with Crippen LogP contribution in [-0.4, -0.2) is 15.6 Å². The number of aliphatic hydroxyl groups is 1. The molecule has 1 aromatic heterocycles. The molecule has 0 unspecified atom stereocenters. The molecule has 0 saturated carbocycles. The molecule has 0 aliphatic carbocycles. The Hall–Kier alpha value is -2.31. The summed E-state index contributed by atoms with van der Waals surface area (Å²) in [4.78, 5) is 12.8. The van der Waals surface area contributed by atoms with E-state index in [0.717, 1.165) is 10.6 Å². The summed E-state index contributed by atoms with van der Waals surface area (Å²) in [6, 6.07) is 8.12. The first-order valence-electron chi connectivity index (χ1n) is 7.36. The summed E-state index contributed by atoms with van der Waals surface area (Å²) in [6.45, 7) is 1.23. The van der Waals surface area contributed by atoms with Crippen molar-refractivity contribution in [3.63, 3.8) is 0 Å². The van der Waals surface area contributed by atoms with Crippen LogP contribution in [0.15, 0.2) is 42.6 Å². The number of aryl methyl sites for hydroxylation is 1. The molecular weight excluding hydrogens is 355 g/mol. The van der Waals surface area contributed by atoms with Crippen molar-refractivity contribution in [3.05, 3.63) is 69.9 Å². The minimum absolute atomic E-state index is 0.191. The Morgan fingerprint density at radius 3 is 2.56 bits per heavy atom. The van der Waals surface area contributed by atoms with Gasteiger partial charge in [-0.2, -0.15) is 13.2 Å². The van der Waals surface area contributed by atoms with E-state index < -0.39 is 24.3 Å². The van der Waals surface area contributed by atoms with Crippen LogP contribution in [0.1, 0.15) is 27.0 Å². The largest absolute Gasteiger partial charge is 0.418 e. The number of nitrogens with zero attached hydrogens (tertiary/aromatic N) is 1. The first-order chi connectivity index (χ1) is 11.7. The summed E-state index contributed by atoms with van der Waals surface area (Å²) >= 11 is 5.94. The number of halogens is 4. The maximum Gasteiger partial charge on any atom is 0.418 e. The molecule has 0 aliphatic rings. The molecule has 0 radical (unpaired) electrons. The summed E-state index contributed by atoms with van der Waals surface area (Å²) in [5, 5.41) is 10.1. The molecule has 3 rings (SSSR count). The average molecular weight is 368 g/mol. The fraction of sp³-hybridized carbons (Fsp3) is 0.167. The lowest BCUT2D eigenvalue weighted by molar-refractivity contribution is -0.136. The minimum Gasteiger partial charge on any atom is -0.392 e. The van der Waals surface area contributed by atoms with E-state index in [1.54, 1.807) is 6.92 Å². The first-order valence-corrected chi connectivity index (χ1v) is 7.73. The number of hydrogen-bond acceptors (Lipinski definition) is 2. The number of carbonyl (C=O) groups excluding carboxylic acids is 1. The molecule has 130 valence electrons. The van der Waals surface area contributed by atoms with Gasteiger partial charge in [0.25, 0.3) is 5.91 Å². The number of carbonyl (C=O) groups is 1. The van der Waals surface area contributed by atoms with Crippen LogP contribution in [0, 0.1) is 6.92 Å². The molecule has 0 saturated heterocycles. The van der Waals surface area contributed by atoms with Crippen molar-refractivity contribution in [3.8, 4) is 0 Å². The van der Waals surface area contributed by atoms with Crippen LogP contribution in [-0.2, 0) is 12.8 Å². The summed E-state index contributed by atoms with van der Waals surface area (Å²) in [6.07, 6.45) is -3.38. The zero-order valence-corrected chi connectivity index (χ0v) is 13.8. The standard InChI is InChI=1S/C18H13ClF3NO2/c1-10-7-11(5-6-15(10)19)17(25)23-8-12(9-24)13-3-2-4-14(16(13)23)18(20,21)22/h2-8,24H,9H2,1H3. The van der Waals surface area contributed by atoms with Crippen LogP contribution in [0.25, 0.3) is 10.9 Å². The lowest BCUT2D eigenvalue weighted by Gasteiger charge is -2.12. The molecule has 0 bridgehead atoms. The fourth-order valence-corrected chi connectivity index (χ4v) is 2.90. The van der Waals surface area contributed by atoms with E-state index >= 15 is 0 Å². The molecule has 1 heterocycles. The molecule has 1 N–H and O–H groups in total. The van der Waals surface area contributed by atoms with Gasteiger partial charge in [0, 0.05) is 27.7 Å². The highest BCUT2D eigenvalue weighted by Gasteiger charge is 2.35. The summed E-state index contributed by atoms with van der Waals surface area (Å²) < 4.78 is 41.1. The highest BCUT2D eigenvalue weighted by atomic mass is 35.5. The van der Waals surface area contributed by atoms with Gasteiger partial charge in [0.1, 0.15) is 0 Å². The van der Waals surface area contributed by atoms with Gasteiger partial charge in [-0.3, -0.25) is 9.36 Å². The Kier molecular flexibility index (Phi) is 4.34. The maximum absolute atomic E-state index is 13.4. The van der Waals surface area contributed by atoms with Crippen molar-refractivity contribution in [2.75, 3.05) is 0 Å². The van der Waals surface area contributed by atoms with E-state index in [0.29, 0.717) is 10.6 Å². The smallest absolute Gasteiger partial charge is 0.392 e. The lowest BCUT2D eigenvalue weighted by Crippen LogP contribution is -2.14. The zero-order chi connectivity index (χ0) is 18.4. The molecule has 2 aromatic carbocycles. The van der Waals surface area contributed by atoms with E-state index in [9.17, 15) is 23.1 Å². The van der Waals surface area contributed by atoms with Gasteiger partial charge >= 0.3 is 6.18 Å². The van der Waals surface area contributed by atoms with Gasteiger partial charge in [-0.25, -0.2) is 0 Å². The Morgan fingerprint density at radius 1 is 1.24 bits per heavy atom. The van der Waals surface area contributed by atoms with E-state index in [1.165, 1.54) is 36.5 Å². The van der Waals surface area contributed by atoms with Gasteiger partial charge in [0.15, 0.2) is 0 Å². The predicted octanol–water partition coefficient (Wildman–Crippen LogP) is 4.80. The molecule has 0 aliphatic heterocycles. The molecule has 7 heteroatoms. The second-order valence-electron chi connectivity index (χ2n) is 5.65. The number of aromatic nitrogens is 1. The third kappa shape index (κ3) is 3.03. The Bertz CT molecular complexity index is 976. The fourth-order valence-electron chi connectivity index (χ4n) is 2.78.